The molecule has 3 fully saturated rings. The van der Waals surface area contributed by atoms with E-state index in [0.29, 0.717) is 5.92 Å². The molecule has 2 bridgehead atoms. The Morgan fingerprint density at radius 1 is 1.06 bits per heavy atom. The molecule has 1 atom stereocenters. The monoisotopic (exact) mass is 455 g/mol. The molecule has 6 rings (SSSR count). The third kappa shape index (κ3) is 4.47. The van der Waals surface area contributed by atoms with Gasteiger partial charge < -0.3 is 15.5 Å². The third-order valence-corrected chi connectivity index (χ3v) is 7.42. The second-order valence-electron chi connectivity index (χ2n) is 8.31. The Balaban J connectivity index is 0.00000231. The fourth-order valence-electron chi connectivity index (χ4n) is 4.74. The first-order valence-electron chi connectivity index (χ1n) is 10.5. The van der Waals surface area contributed by atoms with Crippen LogP contribution in [0.15, 0.2) is 48.5 Å². The molecule has 3 aliphatic rings. The Kier molecular flexibility index (Phi) is 6.32. The Hall–Kier alpha value is -2.41. The first-order valence-corrected chi connectivity index (χ1v) is 11.3. The number of halogens is 1. The molecule has 1 aromatic heterocycles. The number of anilines is 1. The molecule has 0 unspecified atom stereocenters. The SMILES string of the molecule is CC(=O)Nc1cccc(-c2cccc3cc(C(=O)N[C@@H]4CN5CCC4CC5)sc23)c1.Cl. The molecule has 0 saturated carbocycles. The molecule has 4 heterocycles. The number of hydrogen-bond donors (Lipinski definition) is 2. The summed E-state index contributed by atoms with van der Waals surface area (Å²) in [5.41, 5.74) is 2.87. The minimum atomic E-state index is -0.0896. The van der Waals surface area contributed by atoms with Crippen LogP contribution in [0, 0.1) is 5.92 Å². The van der Waals surface area contributed by atoms with Crippen LogP contribution in [0.1, 0.15) is 29.4 Å². The Labute approximate surface area is 192 Å². The quantitative estimate of drug-likeness (QED) is 0.595. The summed E-state index contributed by atoms with van der Waals surface area (Å²) in [7, 11) is 0. The summed E-state index contributed by atoms with van der Waals surface area (Å²) in [4.78, 5) is 27.6. The number of benzene rings is 2. The van der Waals surface area contributed by atoms with Gasteiger partial charge in [0.1, 0.15) is 0 Å². The van der Waals surface area contributed by atoms with E-state index in [2.05, 4.69) is 27.7 Å². The molecule has 0 aliphatic carbocycles. The zero-order chi connectivity index (χ0) is 20.7. The molecule has 5 nitrogen and oxygen atoms in total. The number of thiophene rings is 1. The summed E-state index contributed by atoms with van der Waals surface area (Å²) < 4.78 is 1.09. The molecule has 2 amide bonds. The van der Waals surface area contributed by atoms with Crippen LogP contribution < -0.4 is 10.6 Å². The maximum atomic E-state index is 13.0. The number of rotatable bonds is 4. The van der Waals surface area contributed by atoms with Crippen LogP contribution in [0.2, 0.25) is 0 Å². The van der Waals surface area contributed by atoms with Crippen molar-refractivity contribution in [1.29, 1.82) is 0 Å². The molecular formula is C24H26ClN3O2S. The van der Waals surface area contributed by atoms with Crippen molar-refractivity contribution in [1.82, 2.24) is 10.2 Å². The number of nitrogens with zero attached hydrogens (tertiary/aromatic N) is 1. The van der Waals surface area contributed by atoms with E-state index in [1.54, 1.807) is 11.3 Å². The number of fused-ring (bicyclic) bond motifs is 4. The van der Waals surface area contributed by atoms with E-state index in [1.807, 2.05) is 36.4 Å². The van der Waals surface area contributed by atoms with Crippen molar-refractivity contribution in [2.45, 2.75) is 25.8 Å². The third-order valence-electron chi connectivity index (χ3n) is 6.23. The molecule has 3 aromatic rings. The Bertz CT molecular complexity index is 1120. The molecule has 0 radical (unpaired) electrons. The van der Waals surface area contributed by atoms with E-state index in [1.165, 1.54) is 32.9 Å². The van der Waals surface area contributed by atoms with Crippen molar-refractivity contribution in [2.24, 2.45) is 5.92 Å². The van der Waals surface area contributed by atoms with Crippen LogP contribution in [-0.4, -0.2) is 42.4 Å². The van der Waals surface area contributed by atoms with Crippen LogP contribution in [0.4, 0.5) is 5.69 Å². The van der Waals surface area contributed by atoms with E-state index in [-0.39, 0.29) is 30.3 Å². The summed E-state index contributed by atoms with van der Waals surface area (Å²) in [5.74, 6) is 0.557. The maximum Gasteiger partial charge on any atom is 0.261 e. The number of amides is 2. The highest BCUT2D eigenvalue weighted by Gasteiger charge is 2.35. The lowest BCUT2D eigenvalue weighted by Gasteiger charge is -2.44. The van der Waals surface area contributed by atoms with Crippen molar-refractivity contribution < 1.29 is 9.59 Å². The summed E-state index contributed by atoms with van der Waals surface area (Å²) in [6.07, 6.45) is 2.37. The highest BCUT2D eigenvalue weighted by atomic mass is 35.5. The minimum Gasteiger partial charge on any atom is -0.347 e. The summed E-state index contributed by atoms with van der Waals surface area (Å²) in [5, 5.41) is 7.21. The fourth-order valence-corrected chi connectivity index (χ4v) is 5.84. The summed E-state index contributed by atoms with van der Waals surface area (Å²) >= 11 is 1.54. The standard InChI is InChI=1S/C24H25N3O2S.ClH/c1-15(28)25-19-6-2-4-17(12-19)20-7-3-5-18-13-22(30-23(18)20)24(29)26-21-14-27-10-8-16(21)9-11-27;/h2-7,12-13,16,21H,8-11,14H2,1H3,(H,25,28)(H,26,29);1H/t21-;/m1./s1. The second kappa shape index (κ2) is 8.99. The molecule has 2 N–H and O–H groups in total. The fraction of sp³-hybridized carbons (Fsp3) is 0.333. The van der Waals surface area contributed by atoms with Gasteiger partial charge in [-0.05, 0) is 66.6 Å². The highest BCUT2D eigenvalue weighted by Crippen LogP contribution is 2.36. The van der Waals surface area contributed by atoms with Gasteiger partial charge in [-0.3, -0.25) is 9.59 Å². The molecule has 162 valence electrons. The van der Waals surface area contributed by atoms with E-state index < -0.39 is 0 Å². The number of nitrogens with one attached hydrogen (secondary N) is 2. The van der Waals surface area contributed by atoms with Gasteiger partial charge in [-0.2, -0.15) is 0 Å². The normalized spacial score (nSPS) is 22.0. The molecule has 2 aromatic carbocycles. The smallest absolute Gasteiger partial charge is 0.261 e. The van der Waals surface area contributed by atoms with E-state index >= 15 is 0 Å². The minimum absolute atomic E-state index is 0. The molecule has 31 heavy (non-hydrogen) atoms. The zero-order valence-electron chi connectivity index (χ0n) is 17.4. The number of carbonyl (C=O) groups is 2. The number of hydrogen-bond acceptors (Lipinski definition) is 4. The van der Waals surface area contributed by atoms with Gasteiger partial charge in [-0.15, -0.1) is 23.7 Å². The lowest BCUT2D eigenvalue weighted by Crippen LogP contribution is -2.57. The molecular weight excluding hydrogens is 430 g/mol. The molecule has 0 spiro atoms. The van der Waals surface area contributed by atoms with Gasteiger partial charge in [0.2, 0.25) is 5.91 Å². The predicted octanol–water partition coefficient (Wildman–Crippen LogP) is 4.77. The zero-order valence-corrected chi connectivity index (χ0v) is 19.0. The average molecular weight is 456 g/mol. The van der Waals surface area contributed by atoms with Crippen molar-refractivity contribution in [2.75, 3.05) is 25.0 Å². The van der Waals surface area contributed by atoms with Gasteiger partial charge in [0, 0.05) is 29.9 Å². The van der Waals surface area contributed by atoms with Gasteiger partial charge in [0.05, 0.1) is 4.88 Å². The second-order valence-corrected chi connectivity index (χ2v) is 9.37. The summed E-state index contributed by atoms with van der Waals surface area (Å²) in [6, 6.07) is 16.2. The van der Waals surface area contributed by atoms with Gasteiger partial charge in [-0.25, -0.2) is 0 Å². The highest BCUT2D eigenvalue weighted by molar-refractivity contribution is 7.21. The van der Waals surface area contributed by atoms with Crippen LogP contribution in [0.3, 0.4) is 0 Å². The van der Waals surface area contributed by atoms with E-state index in [0.717, 1.165) is 38.3 Å². The topological polar surface area (TPSA) is 61.4 Å². The first kappa shape index (κ1) is 21.8. The molecule has 3 saturated heterocycles. The number of carbonyl (C=O) groups excluding carboxylic acids is 2. The largest absolute Gasteiger partial charge is 0.347 e. The molecule has 3 aliphatic heterocycles. The predicted molar refractivity (Wildman–Crippen MR) is 129 cm³/mol. The van der Waals surface area contributed by atoms with Crippen molar-refractivity contribution in [3.63, 3.8) is 0 Å². The average Bonchev–Trinajstić information content (AvgIpc) is 3.19. The van der Waals surface area contributed by atoms with Crippen molar-refractivity contribution in [3.8, 4) is 11.1 Å². The Morgan fingerprint density at radius 2 is 1.84 bits per heavy atom. The summed E-state index contributed by atoms with van der Waals surface area (Å²) in [6.45, 7) is 4.82. The van der Waals surface area contributed by atoms with Crippen LogP contribution in [0.5, 0.6) is 0 Å². The lowest BCUT2D eigenvalue weighted by molar-refractivity contribution is -0.114. The number of piperidine rings is 3. The van der Waals surface area contributed by atoms with Crippen LogP contribution >= 0.6 is 23.7 Å². The lowest BCUT2D eigenvalue weighted by atomic mass is 9.84. The van der Waals surface area contributed by atoms with Crippen LogP contribution in [-0.2, 0) is 4.79 Å². The van der Waals surface area contributed by atoms with Gasteiger partial charge in [0.15, 0.2) is 0 Å². The van der Waals surface area contributed by atoms with Crippen LogP contribution in [0.25, 0.3) is 21.2 Å². The maximum absolute atomic E-state index is 13.0. The van der Waals surface area contributed by atoms with E-state index in [9.17, 15) is 9.59 Å². The van der Waals surface area contributed by atoms with Crippen molar-refractivity contribution in [3.05, 3.63) is 53.4 Å². The van der Waals surface area contributed by atoms with Crippen molar-refractivity contribution >= 4 is 51.3 Å². The van der Waals surface area contributed by atoms with E-state index in [4.69, 9.17) is 0 Å². The van der Waals surface area contributed by atoms with Gasteiger partial charge >= 0.3 is 0 Å². The Morgan fingerprint density at radius 3 is 2.55 bits per heavy atom. The molecule has 7 heteroatoms. The first-order chi connectivity index (χ1) is 14.6. The van der Waals surface area contributed by atoms with Gasteiger partial charge in [-0.1, -0.05) is 30.3 Å². The van der Waals surface area contributed by atoms with Gasteiger partial charge in [0.25, 0.3) is 5.91 Å².